The Balaban J connectivity index is 1.61. The summed E-state index contributed by atoms with van der Waals surface area (Å²) in [6, 6.07) is 7.62. The Morgan fingerprint density at radius 2 is 1.83 bits per heavy atom. The van der Waals surface area contributed by atoms with Gasteiger partial charge < -0.3 is 10.1 Å². The molecule has 0 amide bonds. The average molecular weight is 337 g/mol. The van der Waals surface area contributed by atoms with Gasteiger partial charge in [0.1, 0.15) is 0 Å². The minimum Gasteiger partial charge on any atom is -0.377 e. The molecule has 1 aliphatic heterocycles. The molecule has 1 aromatic carbocycles. The van der Waals surface area contributed by atoms with Crippen molar-refractivity contribution in [3.63, 3.8) is 0 Å². The lowest BCUT2D eigenvalue weighted by molar-refractivity contribution is 0.108. The van der Waals surface area contributed by atoms with Crippen molar-refractivity contribution in [3.8, 4) is 0 Å². The molecule has 0 spiro atoms. The summed E-state index contributed by atoms with van der Waals surface area (Å²) in [5.74, 6) is 0. The quantitative estimate of drug-likeness (QED) is 0.866. The second kappa shape index (κ2) is 7.32. The Hall–Kier alpha value is -0.910. The average Bonchev–Trinajstić information content (AvgIpc) is 3.26. The minimum atomic E-state index is -3.15. The van der Waals surface area contributed by atoms with Crippen LogP contribution in [0.3, 0.4) is 0 Å². The molecular formula is C18H27NO3S. The first kappa shape index (κ1) is 16.9. The fourth-order valence-electron chi connectivity index (χ4n) is 3.57. The van der Waals surface area contributed by atoms with Crippen LogP contribution >= 0.6 is 0 Å². The van der Waals surface area contributed by atoms with E-state index < -0.39 is 9.84 Å². The highest BCUT2D eigenvalue weighted by Gasteiger charge is 2.30. The molecule has 1 saturated heterocycles. The van der Waals surface area contributed by atoms with E-state index in [-0.39, 0.29) is 11.3 Å². The summed E-state index contributed by atoms with van der Waals surface area (Å²) >= 11 is 0. The highest BCUT2D eigenvalue weighted by molar-refractivity contribution is 7.92. The molecule has 1 heterocycles. The van der Waals surface area contributed by atoms with Crippen molar-refractivity contribution >= 4 is 9.84 Å². The van der Waals surface area contributed by atoms with Crippen LogP contribution in [0.15, 0.2) is 29.2 Å². The van der Waals surface area contributed by atoms with E-state index in [0.717, 1.165) is 57.2 Å². The van der Waals surface area contributed by atoms with Crippen LogP contribution in [-0.2, 0) is 14.6 Å². The van der Waals surface area contributed by atoms with E-state index in [9.17, 15) is 8.42 Å². The molecule has 4 nitrogen and oxygen atoms in total. The molecule has 0 bridgehead atoms. The van der Waals surface area contributed by atoms with E-state index in [1.165, 1.54) is 0 Å². The highest BCUT2D eigenvalue weighted by atomic mass is 32.2. The van der Waals surface area contributed by atoms with Crippen molar-refractivity contribution in [2.45, 2.75) is 67.7 Å². The van der Waals surface area contributed by atoms with Crippen LogP contribution in [0.25, 0.3) is 0 Å². The van der Waals surface area contributed by atoms with Gasteiger partial charge in [0, 0.05) is 19.2 Å². The maximum atomic E-state index is 12.6. The second-order valence-corrected chi connectivity index (χ2v) is 9.01. The molecule has 0 radical (unpaired) electrons. The molecular weight excluding hydrogens is 310 g/mol. The zero-order valence-electron chi connectivity index (χ0n) is 13.8. The monoisotopic (exact) mass is 337 g/mol. The van der Waals surface area contributed by atoms with Crippen LogP contribution < -0.4 is 5.32 Å². The van der Waals surface area contributed by atoms with Crippen molar-refractivity contribution < 1.29 is 13.2 Å². The van der Waals surface area contributed by atoms with E-state index in [1.54, 1.807) is 12.1 Å². The van der Waals surface area contributed by atoms with E-state index in [0.29, 0.717) is 11.0 Å². The van der Waals surface area contributed by atoms with E-state index in [1.807, 2.05) is 12.1 Å². The molecule has 0 aromatic heterocycles. The van der Waals surface area contributed by atoms with Crippen molar-refractivity contribution in [3.05, 3.63) is 29.8 Å². The van der Waals surface area contributed by atoms with Gasteiger partial charge in [0.05, 0.1) is 16.2 Å². The largest absolute Gasteiger partial charge is 0.377 e. The standard InChI is InChI=1S/C18H27NO3S/c1-14(19-13-16-5-4-12-22-16)15-8-10-18(11-9-15)23(20,21)17-6-2-3-7-17/h8-11,14,16-17,19H,2-7,12-13H2,1H3. The van der Waals surface area contributed by atoms with Gasteiger partial charge in [-0.15, -0.1) is 0 Å². The third kappa shape index (κ3) is 3.95. The van der Waals surface area contributed by atoms with Crippen molar-refractivity contribution in [1.82, 2.24) is 5.32 Å². The van der Waals surface area contributed by atoms with Gasteiger partial charge in [0.2, 0.25) is 0 Å². The van der Waals surface area contributed by atoms with Crippen LogP contribution in [0.2, 0.25) is 0 Å². The first-order valence-corrected chi connectivity index (χ1v) is 10.3. The number of ether oxygens (including phenoxy) is 1. The highest BCUT2D eigenvalue weighted by Crippen LogP contribution is 2.30. The molecule has 5 heteroatoms. The zero-order chi connectivity index (χ0) is 16.3. The van der Waals surface area contributed by atoms with Crippen LogP contribution in [0.5, 0.6) is 0 Å². The van der Waals surface area contributed by atoms with Crippen LogP contribution in [-0.4, -0.2) is 32.9 Å². The summed E-state index contributed by atoms with van der Waals surface area (Å²) in [7, 11) is -3.15. The van der Waals surface area contributed by atoms with Crippen molar-refractivity contribution in [1.29, 1.82) is 0 Å². The Morgan fingerprint density at radius 1 is 1.13 bits per heavy atom. The lowest BCUT2D eigenvalue weighted by atomic mass is 10.1. The van der Waals surface area contributed by atoms with Gasteiger partial charge in [-0.2, -0.15) is 0 Å². The predicted molar refractivity (Wildman–Crippen MR) is 91.3 cm³/mol. The molecule has 23 heavy (non-hydrogen) atoms. The third-order valence-corrected chi connectivity index (χ3v) is 7.40. The predicted octanol–water partition coefficient (Wildman–Crippen LogP) is 3.23. The van der Waals surface area contributed by atoms with Gasteiger partial charge in [0.25, 0.3) is 0 Å². The Kier molecular flexibility index (Phi) is 5.39. The zero-order valence-corrected chi connectivity index (χ0v) is 14.6. The molecule has 1 saturated carbocycles. The lowest BCUT2D eigenvalue weighted by Gasteiger charge is -2.18. The maximum absolute atomic E-state index is 12.6. The smallest absolute Gasteiger partial charge is 0.181 e. The number of sulfone groups is 1. The minimum absolute atomic E-state index is 0.177. The van der Waals surface area contributed by atoms with Gasteiger partial charge in [-0.05, 0) is 50.3 Å². The maximum Gasteiger partial charge on any atom is 0.181 e. The number of rotatable bonds is 6. The summed E-state index contributed by atoms with van der Waals surface area (Å²) in [5.41, 5.74) is 1.12. The number of hydrogen-bond donors (Lipinski definition) is 1. The lowest BCUT2D eigenvalue weighted by Crippen LogP contribution is -2.28. The van der Waals surface area contributed by atoms with E-state index in [2.05, 4.69) is 12.2 Å². The fraction of sp³-hybridized carbons (Fsp3) is 0.667. The normalized spacial score (nSPS) is 24.1. The molecule has 2 atom stereocenters. The van der Waals surface area contributed by atoms with Gasteiger partial charge in [-0.25, -0.2) is 8.42 Å². The van der Waals surface area contributed by atoms with Crippen molar-refractivity contribution in [2.24, 2.45) is 0 Å². The van der Waals surface area contributed by atoms with Crippen LogP contribution in [0.1, 0.15) is 57.1 Å². The molecule has 1 N–H and O–H groups in total. The molecule has 2 fully saturated rings. The molecule has 2 aliphatic rings. The summed E-state index contributed by atoms with van der Waals surface area (Å²) in [4.78, 5) is 0.472. The summed E-state index contributed by atoms with van der Waals surface area (Å²) in [6.07, 6.45) is 6.28. The second-order valence-electron chi connectivity index (χ2n) is 6.79. The molecule has 128 valence electrons. The molecule has 1 aliphatic carbocycles. The number of nitrogens with one attached hydrogen (secondary N) is 1. The summed E-state index contributed by atoms with van der Waals surface area (Å²) in [6.45, 7) is 3.83. The Morgan fingerprint density at radius 3 is 2.43 bits per heavy atom. The topological polar surface area (TPSA) is 55.4 Å². The first-order chi connectivity index (χ1) is 11.1. The Labute approximate surface area is 139 Å². The van der Waals surface area contributed by atoms with Gasteiger partial charge in [-0.3, -0.25) is 0 Å². The van der Waals surface area contributed by atoms with Gasteiger partial charge in [0.15, 0.2) is 9.84 Å². The first-order valence-electron chi connectivity index (χ1n) is 8.76. The van der Waals surface area contributed by atoms with E-state index >= 15 is 0 Å². The number of hydrogen-bond acceptors (Lipinski definition) is 4. The van der Waals surface area contributed by atoms with Crippen molar-refractivity contribution in [2.75, 3.05) is 13.2 Å². The number of benzene rings is 1. The van der Waals surface area contributed by atoms with Gasteiger partial charge >= 0.3 is 0 Å². The van der Waals surface area contributed by atoms with Crippen LogP contribution in [0, 0.1) is 0 Å². The molecule has 2 unspecified atom stereocenters. The SMILES string of the molecule is CC(NCC1CCCO1)c1ccc(S(=O)(=O)C2CCCC2)cc1. The molecule has 1 aromatic rings. The summed E-state index contributed by atoms with van der Waals surface area (Å²) < 4.78 is 30.8. The van der Waals surface area contributed by atoms with Gasteiger partial charge in [-0.1, -0.05) is 25.0 Å². The third-order valence-electron chi connectivity index (χ3n) is 5.13. The van der Waals surface area contributed by atoms with E-state index in [4.69, 9.17) is 4.74 Å². The molecule has 3 rings (SSSR count). The summed E-state index contributed by atoms with van der Waals surface area (Å²) in [5, 5.41) is 3.30. The Bertz CT molecular complexity index is 600. The van der Waals surface area contributed by atoms with Crippen LogP contribution in [0.4, 0.5) is 0 Å². The fourth-order valence-corrected chi connectivity index (χ4v) is 5.42.